The van der Waals surface area contributed by atoms with Crippen LogP contribution in [-0.2, 0) is 4.79 Å². The van der Waals surface area contributed by atoms with Gasteiger partial charge in [0.2, 0.25) is 0 Å². The Morgan fingerprint density at radius 3 is 2.58 bits per heavy atom. The number of aliphatic carboxylic acids is 1. The topological polar surface area (TPSA) is 40.5 Å². The quantitative estimate of drug-likeness (QED) is 0.881. The van der Waals surface area contributed by atoms with Crippen molar-refractivity contribution in [2.45, 2.75) is 45.6 Å². The molecule has 0 spiro atoms. The molecule has 0 bridgehead atoms. The van der Waals surface area contributed by atoms with Crippen molar-refractivity contribution < 1.29 is 9.90 Å². The zero-order valence-corrected chi connectivity index (χ0v) is 11.8. The third-order valence-electron chi connectivity index (χ3n) is 4.04. The number of para-hydroxylation sites is 1. The number of carboxylic acid groups (broad SMARTS) is 1. The van der Waals surface area contributed by atoms with Crippen LogP contribution in [0.4, 0.5) is 5.69 Å². The van der Waals surface area contributed by atoms with E-state index in [9.17, 15) is 4.79 Å². The summed E-state index contributed by atoms with van der Waals surface area (Å²) < 4.78 is 0. The van der Waals surface area contributed by atoms with Crippen molar-refractivity contribution in [3.8, 4) is 0 Å². The number of hydrogen-bond donors (Lipinski definition) is 1. The van der Waals surface area contributed by atoms with Gasteiger partial charge in [-0.3, -0.25) is 4.79 Å². The molecule has 1 N–H and O–H groups in total. The van der Waals surface area contributed by atoms with Gasteiger partial charge >= 0.3 is 5.97 Å². The predicted octanol–water partition coefficient (Wildman–Crippen LogP) is 3.55. The van der Waals surface area contributed by atoms with Crippen molar-refractivity contribution in [2.75, 3.05) is 11.4 Å². The van der Waals surface area contributed by atoms with Crippen LogP contribution in [-0.4, -0.2) is 23.7 Å². The second kappa shape index (κ2) is 5.64. The maximum Gasteiger partial charge on any atom is 0.305 e. The van der Waals surface area contributed by atoms with Crippen molar-refractivity contribution in [3.05, 3.63) is 30.3 Å². The van der Waals surface area contributed by atoms with Gasteiger partial charge < -0.3 is 10.0 Å². The number of carbonyl (C=O) groups is 1. The van der Waals surface area contributed by atoms with Gasteiger partial charge in [0, 0.05) is 18.3 Å². The molecule has 104 valence electrons. The molecule has 1 aromatic rings. The van der Waals surface area contributed by atoms with Crippen molar-refractivity contribution in [1.29, 1.82) is 0 Å². The van der Waals surface area contributed by atoms with Gasteiger partial charge in [-0.25, -0.2) is 0 Å². The van der Waals surface area contributed by atoms with Crippen LogP contribution in [0.25, 0.3) is 0 Å². The second-order valence-corrected chi connectivity index (χ2v) is 6.23. The molecule has 2 rings (SSSR count). The first-order valence-electron chi connectivity index (χ1n) is 7.01. The lowest BCUT2D eigenvalue weighted by Gasteiger charge is -2.32. The van der Waals surface area contributed by atoms with E-state index in [0.29, 0.717) is 18.0 Å². The van der Waals surface area contributed by atoms with E-state index >= 15 is 0 Å². The molecule has 1 aliphatic rings. The number of carboxylic acids is 1. The summed E-state index contributed by atoms with van der Waals surface area (Å²) in [6.45, 7) is 5.20. The van der Waals surface area contributed by atoms with Crippen LogP contribution >= 0.6 is 0 Å². The van der Waals surface area contributed by atoms with Crippen molar-refractivity contribution >= 4 is 11.7 Å². The Labute approximate surface area is 115 Å². The fraction of sp³-hybridized carbons (Fsp3) is 0.562. The molecule has 0 radical (unpaired) electrons. The molecule has 0 amide bonds. The van der Waals surface area contributed by atoms with Gasteiger partial charge in [0.1, 0.15) is 0 Å². The number of anilines is 1. The zero-order chi connectivity index (χ0) is 13.9. The summed E-state index contributed by atoms with van der Waals surface area (Å²) in [5, 5.41) is 8.93. The lowest BCUT2D eigenvalue weighted by Crippen LogP contribution is -2.35. The van der Waals surface area contributed by atoms with E-state index < -0.39 is 5.97 Å². The Morgan fingerprint density at radius 2 is 2.05 bits per heavy atom. The van der Waals surface area contributed by atoms with E-state index in [1.165, 1.54) is 6.42 Å². The van der Waals surface area contributed by atoms with Crippen LogP contribution in [0.1, 0.15) is 39.5 Å². The molecule has 19 heavy (non-hydrogen) atoms. The van der Waals surface area contributed by atoms with Crippen LogP contribution < -0.4 is 4.90 Å². The van der Waals surface area contributed by atoms with Gasteiger partial charge in [-0.05, 0) is 36.8 Å². The molecule has 1 aliphatic carbocycles. The van der Waals surface area contributed by atoms with Gasteiger partial charge in [0.15, 0.2) is 0 Å². The van der Waals surface area contributed by atoms with Crippen molar-refractivity contribution in [2.24, 2.45) is 5.41 Å². The summed E-state index contributed by atoms with van der Waals surface area (Å²) in [6, 6.07) is 10.7. The summed E-state index contributed by atoms with van der Waals surface area (Å²) in [5.41, 5.74) is 1.52. The molecule has 1 unspecified atom stereocenters. The highest BCUT2D eigenvalue weighted by atomic mass is 16.4. The molecular formula is C16H23NO2. The Balaban J connectivity index is 2.13. The van der Waals surface area contributed by atoms with Gasteiger partial charge in [-0.2, -0.15) is 0 Å². The number of hydrogen-bond acceptors (Lipinski definition) is 2. The summed E-state index contributed by atoms with van der Waals surface area (Å²) in [7, 11) is 0. The van der Waals surface area contributed by atoms with Crippen LogP contribution in [0.2, 0.25) is 0 Å². The van der Waals surface area contributed by atoms with Crippen LogP contribution in [0.5, 0.6) is 0 Å². The number of benzene rings is 1. The first-order valence-corrected chi connectivity index (χ1v) is 7.01. The molecule has 3 nitrogen and oxygen atoms in total. The molecule has 1 atom stereocenters. The smallest absolute Gasteiger partial charge is 0.305 e. The van der Waals surface area contributed by atoms with Gasteiger partial charge in [-0.15, -0.1) is 0 Å². The van der Waals surface area contributed by atoms with Gasteiger partial charge in [-0.1, -0.05) is 32.0 Å². The van der Waals surface area contributed by atoms with Crippen molar-refractivity contribution in [3.63, 3.8) is 0 Å². The minimum absolute atomic E-state index is 0.200. The standard InChI is InChI=1S/C16H23NO2/c1-16(2)10-8-14(12-16)17(11-9-15(18)19)13-6-4-3-5-7-13/h3-7,14H,8-12H2,1-2H3,(H,18,19). The third kappa shape index (κ3) is 3.72. The largest absolute Gasteiger partial charge is 0.481 e. The SMILES string of the molecule is CC1(C)CCC(N(CCC(=O)O)c2ccccc2)C1. The van der Waals surface area contributed by atoms with E-state index in [0.717, 1.165) is 18.5 Å². The number of rotatable bonds is 5. The minimum atomic E-state index is -0.724. The van der Waals surface area contributed by atoms with E-state index in [4.69, 9.17) is 5.11 Å². The highest BCUT2D eigenvalue weighted by molar-refractivity contribution is 5.67. The van der Waals surface area contributed by atoms with E-state index in [-0.39, 0.29) is 6.42 Å². The Bertz CT molecular complexity index is 428. The molecule has 3 heteroatoms. The lowest BCUT2D eigenvalue weighted by atomic mass is 9.91. The average molecular weight is 261 g/mol. The molecule has 0 heterocycles. The summed E-state index contributed by atoms with van der Waals surface area (Å²) in [6.07, 6.45) is 3.71. The molecule has 1 aromatic carbocycles. The van der Waals surface area contributed by atoms with Gasteiger partial charge in [0.25, 0.3) is 0 Å². The van der Waals surface area contributed by atoms with Crippen LogP contribution in [0.15, 0.2) is 30.3 Å². The van der Waals surface area contributed by atoms with Crippen LogP contribution in [0.3, 0.4) is 0 Å². The minimum Gasteiger partial charge on any atom is -0.481 e. The van der Waals surface area contributed by atoms with Gasteiger partial charge in [0.05, 0.1) is 6.42 Å². The maximum absolute atomic E-state index is 10.9. The highest BCUT2D eigenvalue weighted by Gasteiger charge is 2.34. The van der Waals surface area contributed by atoms with Crippen LogP contribution in [0, 0.1) is 5.41 Å². The van der Waals surface area contributed by atoms with E-state index in [1.807, 2.05) is 18.2 Å². The second-order valence-electron chi connectivity index (χ2n) is 6.23. The molecule has 0 aliphatic heterocycles. The Hall–Kier alpha value is -1.51. The fourth-order valence-electron chi connectivity index (χ4n) is 3.02. The van der Waals surface area contributed by atoms with E-state index in [2.05, 4.69) is 30.9 Å². The lowest BCUT2D eigenvalue weighted by molar-refractivity contribution is -0.136. The Kier molecular flexibility index (Phi) is 4.13. The normalized spacial score (nSPS) is 21.3. The fourth-order valence-corrected chi connectivity index (χ4v) is 3.02. The predicted molar refractivity (Wildman–Crippen MR) is 77.5 cm³/mol. The highest BCUT2D eigenvalue weighted by Crippen LogP contribution is 2.40. The monoisotopic (exact) mass is 261 g/mol. The first-order chi connectivity index (χ1) is 8.98. The molecule has 0 aromatic heterocycles. The number of nitrogens with zero attached hydrogens (tertiary/aromatic N) is 1. The first kappa shape index (κ1) is 13.9. The zero-order valence-electron chi connectivity index (χ0n) is 11.8. The molecular weight excluding hydrogens is 238 g/mol. The summed E-state index contributed by atoms with van der Waals surface area (Å²) in [4.78, 5) is 13.1. The Morgan fingerprint density at radius 1 is 1.37 bits per heavy atom. The molecule has 0 saturated heterocycles. The summed E-state index contributed by atoms with van der Waals surface area (Å²) >= 11 is 0. The third-order valence-corrected chi connectivity index (χ3v) is 4.04. The molecule has 1 fully saturated rings. The summed E-state index contributed by atoms with van der Waals surface area (Å²) in [5.74, 6) is -0.724. The maximum atomic E-state index is 10.9. The van der Waals surface area contributed by atoms with Crippen molar-refractivity contribution in [1.82, 2.24) is 0 Å². The van der Waals surface area contributed by atoms with E-state index in [1.54, 1.807) is 0 Å². The molecule has 1 saturated carbocycles. The average Bonchev–Trinajstić information content (AvgIpc) is 2.71.